The molecule has 32 heavy (non-hydrogen) atoms. The molecule has 0 aliphatic rings. The van der Waals surface area contributed by atoms with Crippen LogP contribution in [-0.4, -0.2) is 43.0 Å². The Labute approximate surface area is 183 Å². The molecule has 0 aliphatic heterocycles. The van der Waals surface area contributed by atoms with Crippen molar-refractivity contribution >= 4 is 22.1 Å². The maximum absolute atomic E-state index is 12.9. The summed E-state index contributed by atoms with van der Waals surface area (Å²) in [5.41, 5.74) is 4.94. The second-order valence-corrected chi connectivity index (χ2v) is 7.38. The lowest BCUT2D eigenvalue weighted by molar-refractivity contribution is 0.343. The number of hydrogen-bond donors (Lipinski definition) is 1. The second-order valence-electron chi connectivity index (χ2n) is 7.38. The van der Waals surface area contributed by atoms with Crippen LogP contribution in [0.3, 0.4) is 0 Å². The molecule has 4 heterocycles. The minimum atomic E-state index is -0.301. The number of nitrogens with zero attached hydrogens (tertiary/aromatic N) is 5. The fraction of sp³-hybridized carbons (Fsp3) is 0.217. The Morgan fingerprint density at radius 2 is 1.97 bits per heavy atom. The van der Waals surface area contributed by atoms with Crippen molar-refractivity contribution in [2.45, 2.75) is 13.8 Å². The summed E-state index contributed by atoms with van der Waals surface area (Å²) < 4.78 is 14.9. The van der Waals surface area contributed by atoms with Gasteiger partial charge in [0.25, 0.3) is 0 Å². The van der Waals surface area contributed by atoms with Crippen molar-refractivity contribution in [1.82, 2.24) is 29.3 Å². The molecule has 0 saturated carbocycles. The third kappa shape index (κ3) is 2.93. The van der Waals surface area contributed by atoms with Crippen LogP contribution in [0.5, 0.6) is 11.5 Å². The lowest BCUT2D eigenvalue weighted by atomic mass is 10.0. The molecule has 4 aromatic heterocycles. The Morgan fingerprint density at radius 3 is 2.69 bits per heavy atom. The van der Waals surface area contributed by atoms with Crippen molar-refractivity contribution in [1.29, 1.82) is 0 Å². The van der Waals surface area contributed by atoms with Gasteiger partial charge in [-0.2, -0.15) is 5.10 Å². The maximum atomic E-state index is 12.9. The summed E-state index contributed by atoms with van der Waals surface area (Å²) in [6.07, 6.45) is 5.21. The molecule has 0 spiro atoms. The van der Waals surface area contributed by atoms with Crippen molar-refractivity contribution < 1.29 is 9.47 Å². The minimum absolute atomic E-state index is 0.301. The highest BCUT2D eigenvalue weighted by Crippen LogP contribution is 2.38. The van der Waals surface area contributed by atoms with Crippen molar-refractivity contribution in [2.75, 3.05) is 13.7 Å². The largest absolute Gasteiger partial charge is 0.495 e. The number of methoxy groups -OCH3 is 1. The first-order valence-electron chi connectivity index (χ1n) is 10.2. The summed E-state index contributed by atoms with van der Waals surface area (Å²) in [6.45, 7) is 4.37. The quantitative estimate of drug-likeness (QED) is 0.459. The zero-order valence-corrected chi connectivity index (χ0v) is 18.2. The van der Waals surface area contributed by atoms with Gasteiger partial charge in [-0.05, 0) is 32.0 Å². The van der Waals surface area contributed by atoms with Crippen LogP contribution in [0, 0.1) is 6.92 Å². The molecule has 0 bridgehead atoms. The van der Waals surface area contributed by atoms with E-state index in [2.05, 4.69) is 20.1 Å². The van der Waals surface area contributed by atoms with Gasteiger partial charge in [0.15, 0.2) is 5.65 Å². The van der Waals surface area contributed by atoms with E-state index < -0.39 is 0 Å². The number of pyridine rings is 2. The van der Waals surface area contributed by atoms with Gasteiger partial charge in [-0.1, -0.05) is 0 Å². The molecular formula is C23H22N6O3. The van der Waals surface area contributed by atoms with Crippen molar-refractivity contribution in [2.24, 2.45) is 7.05 Å². The van der Waals surface area contributed by atoms with Crippen molar-refractivity contribution in [3.8, 4) is 28.3 Å². The fourth-order valence-corrected chi connectivity index (χ4v) is 3.99. The van der Waals surface area contributed by atoms with Crippen LogP contribution in [0.1, 0.15) is 12.6 Å². The van der Waals surface area contributed by atoms with Gasteiger partial charge in [0.05, 0.1) is 31.1 Å². The lowest BCUT2D eigenvalue weighted by Gasteiger charge is -2.13. The van der Waals surface area contributed by atoms with Gasteiger partial charge in [-0.3, -0.25) is 19.2 Å². The topological polar surface area (TPSA) is 99.9 Å². The monoisotopic (exact) mass is 430 g/mol. The maximum Gasteiger partial charge on any atom is 0.332 e. The van der Waals surface area contributed by atoms with Gasteiger partial charge >= 0.3 is 5.69 Å². The van der Waals surface area contributed by atoms with E-state index >= 15 is 0 Å². The number of benzene rings is 1. The highest BCUT2D eigenvalue weighted by molar-refractivity contribution is 5.94. The van der Waals surface area contributed by atoms with Crippen LogP contribution in [0.2, 0.25) is 0 Å². The molecule has 162 valence electrons. The minimum Gasteiger partial charge on any atom is -0.495 e. The van der Waals surface area contributed by atoms with Crippen LogP contribution in [0.15, 0.2) is 47.7 Å². The number of aryl methyl sites for hydroxylation is 1. The number of aromatic nitrogens is 6. The van der Waals surface area contributed by atoms with Gasteiger partial charge in [0, 0.05) is 47.7 Å². The van der Waals surface area contributed by atoms with E-state index in [1.54, 1.807) is 36.3 Å². The number of imidazole rings is 1. The molecule has 0 aliphatic carbocycles. The normalized spacial score (nSPS) is 11.4. The molecule has 0 unspecified atom stereocenters. The van der Waals surface area contributed by atoms with Gasteiger partial charge in [-0.15, -0.1) is 0 Å². The number of hydrogen-bond acceptors (Lipinski definition) is 6. The summed E-state index contributed by atoms with van der Waals surface area (Å²) in [5.74, 6) is 1.25. The summed E-state index contributed by atoms with van der Waals surface area (Å²) in [4.78, 5) is 24.6. The molecule has 0 radical (unpaired) electrons. The zero-order chi connectivity index (χ0) is 22.4. The van der Waals surface area contributed by atoms with E-state index in [0.29, 0.717) is 35.0 Å². The van der Waals surface area contributed by atoms with Crippen molar-refractivity contribution in [3.63, 3.8) is 0 Å². The van der Waals surface area contributed by atoms with Crippen LogP contribution in [0.4, 0.5) is 0 Å². The Bertz CT molecular complexity index is 1530. The molecular weight excluding hydrogens is 408 g/mol. The summed E-state index contributed by atoms with van der Waals surface area (Å²) in [7, 11) is 3.52. The van der Waals surface area contributed by atoms with E-state index in [0.717, 1.165) is 27.7 Å². The van der Waals surface area contributed by atoms with Crippen LogP contribution >= 0.6 is 0 Å². The highest BCUT2D eigenvalue weighted by atomic mass is 16.5. The predicted molar refractivity (Wildman–Crippen MR) is 122 cm³/mol. The van der Waals surface area contributed by atoms with Gasteiger partial charge in [0.1, 0.15) is 17.0 Å². The molecule has 1 N–H and O–H groups in total. The molecule has 0 fully saturated rings. The second kappa shape index (κ2) is 7.52. The molecule has 9 heteroatoms. The number of aromatic amines is 1. The average Bonchev–Trinajstić information content (AvgIpc) is 3.31. The molecule has 9 nitrogen and oxygen atoms in total. The number of ether oxygens (including phenoxy) is 2. The van der Waals surface area contributed by atoms with Crippen LogP contribution in [0.25, 0.3) is 38.9 Å². The Hall–Kier alpha value is -4.14. The lowest BCUT2D eigenvalue weighted by Crippen LogP contribution is -2.15. The fourth-order valence-electron chi connectivity index (χ4n) is 3.99. The van der Waals surface area contributed by atoms with E-state index in [-0.39, 0.29) is 5.69 Å². The third-order valence-corrected chi connectivity index (χ3v) is 5.63. The Morgan fingerprint density at radius 1 is 1.12 bits per heavy atom. The third-order valence-electron chi connectivity index (χ3n) is 5.63. The first-order valence-corrected chi connectivity index (χ1v) is 10.2. The molecule has 5 rings (SSSR count). The first kappa shape index (κ1) is 19.8. The summed E-state index contributed by atoms with van der Waals surface area (Å²) in [5, 5.41) is 5.13. The number of fused-ring (bicyclic) bond motifs is 2. The molecule has 0 saturated heterocycles. The smallest absolute Gasteiger partial charge is 0.332 e. The molecule has 1 aromatic carbocycles. The predicted octanol–water partition coefficient (Wildman–Crippen LogP) is 3.38. The highest BCUT2D eigenvalue weighted by Gasteiger charge is 2.19. The molecule has 0 amide bonds. The Kier molecular flexibility index (Phi) is 4.66. The first-order chi connectivity index (χ1) is 15.5. The standard InChI is InChI=1S/C23H22N6O3/c1-5-32-19-8-9-24-22-20(19)29(23(30)27-22)14-6-7-18-15(10-14)21(31-4)17(11-25-18)16-12-26-28(3)13(16)2/h6-12H,5H2,1-4H3,(H,24,27,30). The van der Waals surface area contributed by atoms with E-state index in [4.69, 9.17) is 9.47 Å². The zero-order valence-electron chi connectivity index (χ0n) is 18.2. The summed E-state index contributed by atoms with van der Waals surface area (Å²) >= 11 is 0. The number of rotatable bonds is 5. The van der Waals surface area contributed by atoms with E-state index in [1.807, 2.05) is 43.8 Å². The van der Waals surface area contributed by atoms with Gasteiger partial charge < -0.3 is 9.47 Å². The Balaban J connectivity index is 1.78. The van der Waals surface area contributed by atoms with Gasteiger partial charge in [0.2, 0.25) is 0 Å². The SMILES string of the molecule is CCOc1ccnc2[nH]c(=O)n(-c3ccc4ncc(-c5cnn(C)c5C)c(OC)c4c3)c12. The average molecular weight is 430 g/mol. The molecule has 5 aromatic rings. The van der Waals surface area contributed by atoms with E-state index in [1.165, 1.54) is 0 Å². The van der Waals surface area contributed by atoms with Crippen LogP contribution < -0.4 is 15.2 Å². The molecule has 0 atom stereocenters. The van der Waals surface area contributed by atoms with E-state index in [9.17, 15) is 4.79 Å². The number of H-pyrrole nitrogens is 1. The summed E-state index contributed by atoms with van der Waals surface area (Å²) in [6, 6.07) is 7.37. The van der Waals surface area contributed by atoms with Gasteiger partial charge in [-0.25, -0.2) is 9.78 Å². The number of nitrogens with one attached hydrogen (secondary N) is 1. The van der Waals surface area contributed by atoms with Crippen molar-refractivity contribution in [3.05, 3.63) is 59.0 Å². The van der Waals surface area contributed by atoms with Crippen LogP contribution in [-0.2, 0) is 7.05 Å².